The minimum Gasteiger partial charge on any atom is -0.457 e. The molecule has 2 heterocycles. The number of para-hydroxylation sites is 2. The number of thiazole rings is 1. The smallest absolute Gasteiger partial charge is 0.261 e. The molecule has 0 atom stereocenters. The van der Waals surface area contributed by atoms with Crippen molar-refractivity contribution in [3.63, 3.8) is 0 Å². The molecule has 0 saturated heterocycles. The van der Waals surface area contributed by atoms with Crippen molar-refractivity contribution in [2.45, 2.75) is 17.6 Å². The van der Waals surface area contributed by atoms with E-state index in [-0.39, 0.29) is 5.91 Å². The monoisotopic (exact) mass is 448 g/mol. The average Bonchev–Trinajstić information content (AvgIpc) is 3.26. The van der Waals surface area contributed by atoms with E-state index in [1.165, 1.54) is 11.3 Å². The van der Waals surface area contributed by atoms with Gasteiger partial charge in [-0.2, -0.15) is 0 Å². The number of carbonyl (C=O) groups is 1. The summed E-state index contributed by atoms with van der Waals surface area (Å²) < 4.78 is 12.6. The van der Waals surface area contributed by atoms with Gasteiger partial charge < -0.3 is 9.47 Å². The maximum Gasteiger partial charge on any atom is 0.261 e. The first-order valence-corrected chi connectivity index (χ1v) is 11.6. The third-order valence-corrected chi connectivity index (χ3v) is 6.38. The molecule has 0 aliphatic carbocycles. The molecule has 2 aromatic carbocycles. The Balaban J connectivity index is 1.38. The molecule has 3 aromatic rings. The second-order valence-corrected chi connectivity index (χ2v) is 8.77. The SMILES string of the molecule is CCC1=CC=C=C(CSc2cnc(NC(=O)c3ccccc3Oc3ccccc3)s2)O1. The minimum atomic E-state index is -0.267. The first kappa shape index (κ1) is 21.0. The first-order chi connectivity index (χ1) is 15.2. The molecule has 1 N–H and O–H groups in total. The molecule has 1 aromatic heterocycles. The van der Waals surface area contributed by atoms with Crippen molar-refractivity contribution in [2.75, 3.05) is 11.1 Å². The largest absolute Gasteiger partial charge is 0.457 e. The molecule has 5 nitrogen and oxygen atoms in total. The summed E-state index contributed by atoms with van der Waals surface area (Å²) >= 11 is 3.01. The first-order valence-electron chi connectivity index (χ1n) is 9.76. The van der Waals surface area contributed by atoms with Crippen LogP contribution in [0.3, 0.4) is 0 Å². The second kappa shape index (κ2) is 10.2. The van der Waals surface area contributed by atoms with Gasteiger partial charge in [-0.15, -0.1) is 11.8 Å². The molecule has 0 radical (unpaired) electrons. The molecule has 156 valence electrons. The molecular weight excluding hydrogens is 428 g/mol. The lowest BCUT2D eigenvalue weighted by Gasteiger charge is -2.11. The van der Waals surface area contributed by atoms with E-state index in [1.54, 1.807) is 36.2 Å². The third-order valence-electron chi connectivity index (χ3n) is 4.27. The fourth-order valence-electron chi connectivity index (χ4n) is 2.75. The number of allylic oxidation sites excluding steroid dienone is 2. The van der Waals surface area contributed by atoms with Gasteiger partial charge in [0.1, 0.15) is 17.3 Å². The minimum absolute atomic E-state index is 0.267. The normalized spacial score (nSPS) is 12.5. The van der Waals surface area contributed by atoms with E-state index >= 15 is 0 Å². The van der Waals surface area contributed by atoms with E-state index in [0.29, 0.717) is 27.9 Å². The maximum atomic E-state index is 12.8. The zero-order valence-corrected chi connectivity index (χ0v) is 18.5. The van der Waals surface area contributed by atoms with Gasteiger partial charge in [0.25, 0.3) is 5.91 Å². The Morgan fingerprint density at radius 3 is 2.84 bits per heavy atom. The number of rotatable bonds is 8. The summed E-state index contributed by atoms with van der Waals surface area (Å²) in [7, 11) is 0. The summed E-state index contributed by atoms with van der Waals surface area (Å²) in [6.45, 7) is 2.05. The quantitative estimate of drug-likeness (QED) is 0.309. The zero-order valence-electron chi connectivity index (χ0n) is 16.8. The molecule has 0 saturated carbocycles. The van der Waals surface area contributed by atoms with Crippen LogP contribution in [0.5, 0.6) is 11.5 Å². The molecule has 0 bridgehead atoms. The summed E-state index contributed by atoms with van der Waals surface area (Å²) in [5, 5.41) is 3.40. The van der Waals surface area contributed by atoms with Gasteiger partial charge in [0.15, 0.2) is 10.9 Å². The summed E-state index contributed by atoms with van der Waals surface area (Å²) in [6.07, 6.45) is 6.40. The van der Waals surface area contributed by atoms with Crippen LogP contribution in [0.25, 0.3) is 0 Å². The number of thioether (sulfide) groups is 1. The number of aromatic nitrogens is 1. The van der Waals surface area contributed by atoms with E-state index in [1.807, 2.05) is 48.6 Å². The number of ether oxygens (including phenoxy) is 2. The number of nitrogens with zero attached hydrogens (tertiary/aromatic N) is 1. The molecule has 1 aliphatic rings. The highest BCUT2D eigenvalue weighted by Crippen LogP contribution is 2.32. The molecule has 0 spiro atoms. The van der Waals surface area contributed by atoms with E-state index in [2.05, 4.69) is 23.0 Å². The van der Waals surface area contributed by atoms with E-state index in [0.717, 1.165) is 22.1 Å². The summed E-state index contributed by atoms with van der Waals surface area (Å²) in [5.74, 6) is 3.27. The van der Waals surface area contributed by atoms with Crippen LogP contribution < -0.4 is 10.1 Å². The Labute approximate surface area is 189 Å². The predicted molar refractivity (Wildman–Crippen MR) is 125 cm³/mol. The lowest BCUT2D eigenvalue weighted by molar-refractivity contribution is 0.102. The van der Waals surface area contributed by atoms with Crippen LogP contribution in [0.15, 0.2) is 94.4 Å². The van der Waals surface area contributed by atoms with Gasteiger partial charge in [0.2, 0.25) is 0 Å². The maximum absolute atomic E-state index is 12.8. The molecule has 1 amide bonds. The summed E-state index contributed by atoms with van der Waals surface area (Å²) in [4.78, 5) is 17.2. The number of hydrogen-bond acceptors (Lipinski definition) is 6. The lowest BCUT2D eigenvalue weighted by atomic mass is 10.2. The van der Waals surface area contributed by atoms with Crippen molar-refractivity contribution in [2.24, 2.45) is 0 Å². The van der Waals surface area contributed by atoms with Crippen molar-refractivity contribution in [3.8, 4) is 11.5 Å². The topological polar surface area (TPSA) is 60.5 Å². The lowest BCUT2D eigenvalue weighted by Crippen LogP contribution is -2.12. The van der Waals surface area contributed by atoms with Gasteiger partial charge in [0.05, 0.1) is 21.7 Å². The van der Waals surface area contributed by atoms with Crippen LogP contribution in [0.4, 0.5) is 5.13 Å². The third kappa shape index (κ3) is 5.67. The van der Waals surface area contributed by atoms with Gasteiger partial charge in [-0.1, -0.05) is 54.3 Å². The highest BCUT2D eigenvalue weighted by atomic mass is 32.2. The van der Waals surface area contributed by atoms with Gasteiger partial charge >= 0.3 is 0 Å². The van der Waals surface area contributed by atoms with Crippen molar-refractivity contribution in [1.29, 1.82) is 0 Å². The standard InChI is InChI=1S/C24H20N2O3S2/c1-2-17-11-8-12-19(28-17)16-30-22-15-25-24(31-22)26-23(27)20-13-6-7-14-21(20)29-18-9-4-3-5-10-18/h3-11,13-15H,2,16H2,1H3,(H,25,26,27). The van der Waals surface area contributed by atoms with Crippen LogP contribution in [0.1, 0.15) is 23.7 Å². The molecule has 4 rings (SSSR count). The van der Waals surface area contributed by atoms with Crippen LogP contribution >= 0.6 is 23.1 Å². The Bertz CT molecular complexity index is 1160. The number of hydrogen-bond donors (Lipinski definition) is 1. The highest BCUT2D eigenvalue weighted by molar-refractivity contribution is 8.01. The Kier molecular flexibility index (Phi) is 6.89. The van der Waals surface area contributed by atoms with Gasteiger partial charge in [0, 0.05) is 6.42 Å². The number of amides is 1. The molecule has 0 fully saturated rings. The van der Waals surface area contributed by atoms with Crippen molar-refractivity contribution < 1.29 is 14.3 Å². The van der Waals surface area contributed by atoms with Crippen LogP contribution in [0.2, 0.25) is 0 Å². The van der Waals surface area contributed by atoms with Crippen LogP contribution in [-0.2, 0) is 4.74 Å². The number of benzene rings is 2. The Morgan fingerprint density at radius 1 is 1.19 bits per heavy atom. The van der Waals surface area contributed by atoms with Gasteiger partial charge in [-0.05, 0) is 36.4 Å². The Hall–Kier alpha value is -3.25. The fourth-order valence-corrected chi connectivity index (χ4v) is 4.49. The van der Waals surface area contributed by atoms with Crippen molar-refractivity contribution in [1.82, 2.24) is 4.98 Å². The second-order valence-electron chi connectivity index (χ2n) is 6.46. The highest BCUT2D eigenvalue weighted by Gasteiger charge is 2.15. The van der Waals surface area contributed by atoms with Crippen molar-refractivity contribution in [3.05, 3.63) is 95.8 Å². The van der Waals surface area contributed by atoms with Crippen LogP contribution in [-0.4, -0.2) is 16.6 Å². The molecule has 1 aliphatic heterocycles. The molecular formula is C24H20N2O3S2. The predicted octanol–water partition coefficient (Wildman–Crippen LogP) is 6.64. The summed E-state index contributed by atoms with van der Waals surface area (Å²) in [5.41, 5.74) is 3.56. The average molecular weight is 449 g/mol. The van der Waals surface area contributed by atoms with E-state index in [9.17, 15) is 4.79 Å². The fraction of sp³-hybridized carbons (Fsp3) is 0.125. The number of nitrogens with one attached hydrogen (secondary N) is 1. The summed E-state index contributed by atoms with van der Waals surface area (Å²) in [6, 6.07) is 16.5. The van der Waals surface area contributed by atoms with Gasteiger partial charge in [-0.25, -0.2) is 4.98 Å². The van der Waals surface area contributed by atoms with E-state index < -0.39 is 0 Å². The molecule has 0 unspecified atom stereocenters. The van der Waals surface area contributed by atoms with Crippen molar-refractivity contribution >= 4 is 34.1 Å². The molecule has 31 heavy (non-hydrogen) atoms. The van der Waals surface area contributed by atoms with Gasteiger partial charge in [-0.3, -0.25) is 10.1 Å². The van der Waals surface area contributed by atoms with Crippen LogP contribution in [0, 0.1) is 0 Å². The van der Waals surface area contributed by atoms with E-state index in [4.69, 9.17) is 9.47 Å². The number of anilines is 1. The zero-order chi connectivity index (χ0) is 21.5. The number of carbonyl (C=O) groups excluding carboxylic acids is 1. The Morgan fingerprint density at radius 2 is 2.00 bits per heavy atom. The molecule has 7 heteroatoms.